The van der Waals surface area contributed by atoms with Gasteiger partial charge < -0.3 is 20.4 Å². The molecule has 3 aliphatic rings. The summed E-state index contributed by atoms with van der Waals surface area (Å²) in [6.07, 6.45) is 12.5. The number of hydrogen-bond donors (Lipinski definition) is 3. The molecule has 0 bridgehead atoms. The van der Waals surface area contributed by atoms with Crippen molar-refractivity contribution in [2.24, 2.45) is 23.2 Å². The first-order chi connectivity index (χ1) is 22.6. The van der Waals surface area contributed by atoms with Crippen LogP contribution in [0.1, 0.15) is 132 Å². The number of phenols is 1. The Labute approximate surface area is 281 Å². The minimum absolute atomic E-state index is 0.0368. The molecule has 5 rings (SSSR count). The fourth-order valence-corrected chi connectivity index (χ4v) is 9.40. The predicted molar refractivity (Wildman–Crippen MR) is 186 cm³/mol. The van der Waals surface area contributed by atoms with Gasteiger partial charge in [-0.1, -0.05) is 64.9 Å². The topological polar surface area (TPSA) is 89.9 Å². The molecular formula is C40H57FN2O4. The molecule has 2 fully saturated rings. The number of anilines is 1. The Hall–Kier alpha value is -2.93. The van der Waals surface area contributed by atoms with Crippen LogP contribution in [-0.4, -0.2) is 52.3 Å². The van der Waals surface area contributed by atoms with Gasteiger partial charge in [0.15, 0.2) is 0 Å². The summed E-state index contributed by atoms with van der Waals surface area (Å²) in [5.41, 5.74) is 3.10. The number of nitrogens with zero attached hydrogens (tertiary/aromatic N) is 1. The highest BCUT2D eigenvalue weighted by atomic mass is 19.1. The minimum atomic E-state index is -0.992. The molecule has 2 saturated carbocycles. The maximum absolute atomic E-state index is 16.1. The number of halogens is 1. The second-order valence-corrected chi connectivity index (χ2v) is 15.0. The molecule has 6 nitrogen and oxygen atoms in total. The van der Waals surface area contributed by atoms with Crippen molar-refractivity contribution in [2.45, 2.75) is 129 Å². The van der Waals surface area contributed by atoms with Crippen LogP contribution in [0.2, 0.25) is 0 Å². The van der Waals surface area contributed by atoms with Crippen molar-refractivity contribution in [2.75, 3.05) is 18.4 Å². The molecule has 0 spiro atoms. The largest absolute Gasteiger partial charge is 0.508 e. The normalized spacial score (nSPS) is 27.9. The molecule has 47 heavy (non-hydrogen) atoms. The number of nitrogens with one attached hydrogen (secondary N) is 1. The number of aliphatic hydroxyl groups is 1. The quantitative estimate of drug-likeness (QED) is 0.168. The summed E-state index contributed by atoms with van der Waals surface area (Å²) >= 11 is 0. The molecule has 0 saturated heterocycles. The van der Waals surface area contributed by atoms with E-state index >= 15 is 4.39 Å². The number of fused-ring (bicyclic) bond motifs is 5. The Kier molecular flexibility index (Phi) is 12.0. The average molecular weight is 649 g/mol. The highest BCUT2D eigenvalue weighted by Crippen LogP contribution is 2.63. The Morgan fingerprint density at radius 3 is 2.34 bits per heavy atom. The lowest BCUT2D eigenvalue weighted by Crippen LogP contribution is -2.51. The van der Waals surface area contributed by atoms with Crippen molar-refractivity contribution in [1.82, 2.24) is 4.90 Å². The van der Waals surface area contributed by atoms with E-state index in [1.54, 1.807) is 30.3 Å². The molecule has 3 aliphatic carbocycles. The zero-order chi connectivity index (χ0) is 33.6. The van der Waals surface area contributed by atoms with Gasteiger partial charge in [0, 0.05) is 37.2 Å². The lowest BCUT2D eigenvalue weighted by atomic mass is 9.51. The molecule has 258 valence electrons. The summed E-state index contributed by atoms with van der Waals surface area (Å²) in [6, 6.07) is 12.7. The standard InChI is InChI=1S/C40H57FN2O4/c1-4-5-6-7-8-11-22-43(39(47)28-14-16-31(17-15-28)42-27(2)44)23-12-9-10-13-29-24-30-25-32(45)18-19-33(30)38-35(41)26-40(3)34(37(29)38)20-21-36(40)46/h14-19,25,29,34-38,45-46H,4-13,20-24,26H2,1-3H3,(H,42,44)/t29-,34?,35+,36+,37?,38?,40+/m1/s1. The summed E-state index contributed by atoms with van der Waals surface area (Å²) < 4.78 is 16.1. The number of benzene rings is 2. The van der Waals surface area contributed by atoms with Crippen molar-refractivity contribution in [1.29, 1.82) is 0 Å². The molecule has 2 aromatic rings. The van der Waals surface area contributed by atoms with E-state index in [0.717, 1.165) is 75.5 Å². The van der Waals surface area contributed by atoms with E-state index in [1.807, 2.05) is 17.0 Å². The zero-order valence-electron chi connectivity index (χ0n) is 28.9. The van der Waals surface area contributed by atoms with Gasteiger partial charge in [-0.2, -0.15) is 0 Å². The molecule has 7 atom stereocenters. The van der Waals surface area contributed by atoms with Gasteiger partial charge in [0.25, 0.3) is 5.91 Å². The number of carbonyl (C=O) groups is 2. The van der Waals surface area contributed by atoms with Gasteiger partial charge in [-0.25, -0.2) is 4.39 Å². The number of aromatic hydroxyl groups is 1. The average Bonchev–Trinajstić information content (AvgIpc) is 3.33. The summed E-state index contributed by atoms with van der Waals surface area (Å²) in [5.74, 6) is 0.791. The van der Waals surface area contributed by atoms with Crippen LogP contribution in [0.5, 0.6) is 5.75 Å². The van der Waals surface area contributed by atoms with E-state index < -0.39 is 12.3 Å². The molecule has 3 N–H and O–H groups in total. The minimum Gasteiger partial charge on any atom is -0.508 e. The third kappa shape index (κ3) is 8.21. The van der Waals surface area contributed by atoms with Crippen molar-refractivity contribution < 1.29 is 24.2 Å². The number of amides is 2. The van der Waals surface area contributed by atoms with Crippen LogP contribution in [0.15, 0.2) is 42.5 Å². The van der Waals surface area contributed by atoms with Crippen molar-refractivity contribution in [3.8, 4) is 5.75 Å². The first-order valence-electron chi connectivity index (χ1n) is 18.4. The van der Waals surface area contributed by atoms with Gasteiger partial charge in [0.2, 0.25) is 5.91 Å². The summed E-state index contributed by atoms with van der Waals surface area (Å²) in [6.45, 7) is 7.25. The number of hydrogen-bond acceptors (Lipinski definition) is 4. The van der Waals surface area contributed by atoms with Crippen LogP contribution < -0.4 is 5.32 Å². The van der Waals surface area contributed by atoms with E-state index in [9.17, 15) is 19.8 Å². The van der Waals surface area contributed by atoms with Crippen LogP contribution in [0, 0.1) is 23.2 Å². The van der Waals surface area contributed by atoms with Crippen LogP contribution in [0.25, 0.3) is 0 Å². The lowest BCUT2D eigenvalue weighted by Gasteiger charge is -2.54. The number of rotatable bonds is 15. The van der Waals surface area contributed by atoms with Crippen LogP contribution in [0.4, 0.5) is 10.1 Å². The van der Waals surface area contributed by atoms with E-state index in [1.165, 1.54) is 32.6 Å². The zero-order valence-corrected chi connectivity index (χ0v) is 28.9. The van der Waals surface area contributed by atoms with Gasteiger partial charge in [0.05, 0.1) is 6.10 Å². The van der Waals surface area contributed by atoms with Crippen molar-refractivity contribution in [3.05, 3.63) is 59.2 Å². The number of phenolic OH excluding ortho intramolecular Hbond substituents is 1. The second-order valence-electron chi connectivity index (χ2n) is 15.0. The number of unbranched alkanes of at least 4 members (excludes halogenated alkanes) is 7. The van der Waals surface area contributed by atoms with Crippen LogP contribution >= 0.6 is 0 Å². The maximum Gasteiger partial charge on any atom is 0.253 e. The third-order valence-corrected chi connectivity index (χ3v) is 11.8. The molecule has 0 heterocycles. The monoisotopic (exact) mass is 648 g/mol. The van der Waals surface area contributed by atoms with Crippen LogP contribution in [0.3, 0.4) is 0 Å². The van der Waals surface area contributed by atoms with Gasteiger partial charge in [-0.15, -0.1) is 0 Å². The van der Waals surface area contributed by atoms with E-state index in [4.69, 9.17) is 0 Å². The number of aliphatic hydroxyl groups excluding tert-OH is 1. The number of carbonyl (C=O) groups excluding carboxylic acids is 2. The van der Waals surface area contributed by atoms with E-state index in [2.05, 4.69) is 19.2 Å². The lowest BCUT2D eigenvalue weighted by molar-refractivity contribution is -0.114. The van der Waals surface area contributed by atoms with E-state index in [0.29, 0.717) is 36.1 Å². The van der Waals surface area contributed by atoms with Crippen molar-refractivity contribution >= 4 is 17.5 Å². The van der Waals surface area contributed by atoms with Gasteiger partial charge in [0.1, 0.15) is 11.9 Å². The van der Waals surface area contributed by atoms with Gasteiger partial charge in [-0.3, -0.25) is 9.59 Å². The summed E-state index contributed by atoms with van der Waals surface area (Å²) in [4.78, 5) is 27.0. The van der Waals surface area contributed by atoms with E-state index in [-0.39, 0.29) is 34.8 Å². The molecule has 2 amide bonds. The molecule has 3 unspecified atom stereocenters. The fourth-order valence-electron chi connectivity index (χ4n) is 9.40. The first kappa shape index (κ1) is 35.4. The Bertz CT molecular complexity index is 1350. The Morgan fingerprint density at radius 2 is 1.64 bits per heavy atom. The second kappa shape index (κ2) is 16.0. The molecule has 2 aromatic carbocycles. The third-order valence-electron chi connectivity index (χ3n) is 11.8. The first-order valence-corrected chi connectivity index (χ1v) is 18.4. The Morgan fingerprint density at radius 1 is 0.957 bits per heavy atom. The highest BCUT2D eigenvalue weighted by Gasteiger charge is 2.59. The molecule has 7 heteroatoms. The summed E-state index contributed by atoms with van der Waals surface area (Å²) in [5, 5.41) is 24.0. The molecule has 0 radical (unpaired) electrons. The van der Waals surface area contributed by atoms with Gasteiger partial charge in [-0.05, 0) is 116 Å². The van der Waals surface area contributed by atoms with Crippen LogP contribution in [-0.2, 0) is 11.2 Å². The molecular weight excluding hydrogens is 591 g/mol. The SMILES string of the molecule is CCCCCCCCN(CCCCC[C@@H]1Cc2cc(O)ccc2C2C1C1CC[C@H](O)[C@@]1(C)C[C@@H]2F)C(=O)c1ccc(NC(C)=O)cc1. The fraction of sp³-hybridized carbons (Fsp3) is 0.650. The summed E-state index contributed by atoms with van der Waals surface area (Å²) in [7, 11) is 0. The molecule has 0 aromatic heterocycles. The number of alkyl halides is 1. The molecule has 0 aliphatic heterocycles. The van der Waals surface area contributed by atoms with Crippen molar-refractivity contribution in [3.63, 3.8) is 0 Å². The Balaban J connectivity index is 1.22. The predicted octanol–water partition coefficient (Wildman–Crippen LogP) is 8.81. The van der Waals surface area contributed by atoms with Gasteiger partial charge >= 0.3 is 0 Å². The smallest absolute Gasteiger partial charge is 0.253 e. The maximum atomic E-state index is 16.1. The highest BCUT2D eigenvalue weighted by molar-refractivity contribution is 5.95.